The van der Waals surface area contributed by atoms with Gasteiger partial charge in [-0.2, -0.15) is 0 Å². The van der Waals surface area contributed by atoms with E-state index in [1.165, 1.54) is 22.4 Å². The van der Waals surface area contributed by atoms with Gasteiger partial charge in [0.05, 0.1) is 11.7 Å². The molecule has 3 heteroatoms. The summed E-state index contributed by atoms with van der Waals surface area (Å²) >= 11 is 1.76. The highest BCUT2D eigenvalue weighted by Gasteiger charge is 2.23. The van der Waals surface area contributed by atoms with E-state index < -0.39 is 0 Å². The zero-order valence-corrected chi connectivity index (χ0v) is 14.8. The maximum Gasteiger partial charge on any atom is 0.114 e. The molecule has 0 fully saturated rings. The number of aromatic nitrogens is 1. The van der Waals surface area contributed by atoms with Crippen LogP contribution in [0, 0.1) is 13.8 Å². The Kier molecular flexibility index (Phi) is 4.84. The Hall–Kier alpha value is -1.19. The van der Waals surface area contributed by atoms with Crippen LogP contribution in [-0.2, 0) is 5.41 Å². The van der Waals surface area contributed by atoms with E-state index in [1.54, 1.807) is 11.3 Å². The van der Waals surface area contributed by atoms with Crippen molar-refractivity contribution < 1.29 is 0 Å². The van der Waals surface area contributed by atoms with E-state index in [4.69, 9.17) is 4.98 Å². The zero-order valence-electron chi connectivity index (χ0n) is 13.9. The normalized spacial score (nSPS) is 13.4. The van der Waals surface area contributed by atoms with Crippen molar-refractivity contribution in [2.24, 2.45) is 0 Å². The summed E-state index contributed by atoms with van der Waals surface area (Å²) in [7, 11) is 0. The predicted octanol–water partition coefficient (Wildman–Crippen LogP) is 4.76. The highest BCUT2D eigenvalue weighted by molar-refractivity contribution is 7.09. The first-order valence-corrected chi connectivity index (χ1v) is 8.47. The average Bonchev–Trinajstić information content (AvgIpc) is 2.88. The number of nitrogens with zero attached hydrogens (tertiary/aromatic N) is 1. The molecule has 1 unspecified atom stereocenters. The quantitative estimate of drug-likeness (QED) is 0.881. The number of benzene rings is 1. The van der Waals surface area contributed by atoms with Crippen LogP contribution in [-0.4, -0.2) is 11.5 Å². The number of aryl methyl sites for hydroxylation is 2. The van der Waals surface area contributed by atoms with Gasteiger partial charge < -0.3 is 5.32 Å². The molecule has 1 atom stereocenters. The predicted molar refractivity (Wildman–Crippen MR) is 92.2 cm³/mol. The van der Waals surface area contributed by atoms with E-state index in [0.29, 0.717) is 0 Å². The number of nitrogens with one attached hydrogen (secondary N) is 1. The lowest BCUT2D eigenvalue weighted by Crippen LogP contribution is -2.23. The Balaban J connectivity index is 2.44. The minimum atomic E-state index is 0.104. The highest BCUT2D eigenvalue weighted by Crippen LogP contribution is 2.31. The largest absolute Gasteiger partial charge is 0.305 e. The second-order valence-corrected chi connectivity index (χ2v) is 7.56. The van der Waals surface area contributed by atoms with Crippen molar-refractivity contribution in [3.63, 3.8) is 0 Å². The van der Waals surface area contributed by atoms with Crippen LogP contribution < -0.4 is 5.32 Å². The third-order valence-electron chi connectivity index (χ3n) is 3.69. The van der Waals surface area contributed by atoms with Gasteiger partial charge in [0, 0.05) is 10.8 Å². The fraction of sp³-hybridized carbons (Fsp3) is 0.500. The van der Waals surface area contributed by atoms with E-state index in [9.17, 15) is 0 Å². The van der Waals surface area contributed by atoms with Crippen LogP contribution >= 0.6 is 11.3 Å². The lowest BCUT2D eigenvalue weighted by Gasteiger charge is -2.19. The number of rotatable bonds is 4. The molecule has 0 saturated heterocycles. The number of thiazole rings is 1. The van der Waals surface area contributed by atoms with Gasteiger partial charge in [-0.3, -0.25) is 0 Å². The minimum absolute atomic E-state index is 0.104. The van der Waals surface area contributed by atoms with Crippen molar-refractivity contribution in [1.82, 2.24) is 10.3 Å². The maximum absolute atomic E-state index is 4.90. The molecular formula is C18H26N2S. The fourth-order valence-electron chi connectivity index (χ4n) is 2.37. The summed E-state index contributed by atoms with van der Waals surface area (Å²) in [5.41, 5.74) is 5.24. The summed E-state index contributed by atoms with van der Waals surface area (Å²) in [6.07, 6.45) is 0. The van der Waals surface area contributed by atoms with Crippen molar-refractivity contribution in [2.75, 3.05) is 6.54 Å². The SMILES string of the molecule is CCNC(c1nc(C(C)(C)C)cs1)c1cc(C)ccc1C. The molecule has 114 valence electrons. The Morgan fingerprint density at radius 2 is 1.95 bits per heavy atom. The van der Waals surface area contributed by atoms with Gasteiger partial charge in [-0.1, -0.05) is 51.5 Å². The first-order chi connectivity index (χ1) is 9.82. The summed E-state index contributed by atoms with van der Waals surface area (Å²) in [6.45, 7) is 14.1. The number of hydrogen-bond acceptors (Lipinski definition) is 3. The lowest BCUT2D eigenvalue weighted by atomic mass is 9.93. The first-order valence-electron chi connectivity index (χ1n) is 7.59. The molecule has 1 aromatic heterocycles. The molecule has 1 aromatic carbocycles. The van der Waals surface area contributed by atoms with Gasteiger partial charge in [-0.25, -0.2) is 4.98 Å². The second-order valence-electron chi connectivity index (χ2n) is 6.67. The van der Waals surface area contributed by atoms with Crippen molar-refractivity contribution in [3.05, 3.63) is 51.0 Å². The Bertz CT molecular complexity index is 608. The van der Waals surface area contributed by atoms with Crippen LogP contribution in [0.3, 0.4) is 0 Å². The van der Waals surface area contributed by atoms with Crippen LogP contribution in [0.4, 0.5) is 0 Å². The molecule has 0 spiro atoms. The van der Waals surface area contributed by atoms with Crippen molar-refractivity contribution in [3.8, 4) is 0 Å². The van der Waals surface area contributed by atoms with Gasteiger partial charge in [0.15, 0.2) is 0 Å². The molecule has 0 aliphatic heterocycles. The van der Waals surface area contributed by atoms with Gasteiger partial charge in [0.25, 0.3) is 0 Å². The molecule has 1 heterocycles. The van der Waals surface area contributed by atoms with E-state index >= 15 is 0 Å². The number of hydrogen-bond donors (Lipinski definition) is 1. The molecule has 0 radical (unpaired) electrons. The molecule has 0 aliphatic rings. The summed E-state index contributed by atoms with van der Waals surface area (Å²) in [5.74, 6) is 0. The molecule has 2 nitrogen and oxygen atoms in total. The average molecular weight is 302 g/mol. The topological polar surface area (TPSA) is 24.9 Å². The van der Waals surface area contributed by atoms with Crippen LogP contribution in [0.1, 0.15) is 61.1 Å². The lowest BCUT2D eigenvalue weighted by molar-refractivity contribution is 0.562. The van der Waals surface area contributed by atoms with Gasteiger partial charge >= 0.3 is 0 Å². The van der Waals surface area contributed by atoms with Crippen LogP contribution in [0.5, 0.6) is 0 Å². The maximum atomic E-state index is 4.90. The molecule has 0 amide bonds. The van der Waals surface area contributed by atoms with E-state index in [2.05, 4.69) is 70.4 Å². The third-order valence-corrected chi connectivity index (χ3v) is 4.60. The molecule has 0 bridgehead atoms. The zero-order chi connectivity index (χ0) is 15.6. The molecule has 1 N–H and O–H groups in total. The highest BCUT2D eigenvalue weighted by atomic mass is 32.1. The van der Waals surface area contributed by atoms with Gasteiger partial charge in [0.2, 0.25) is 0 Å². The Morgan fingerprint density at radius 3 is 2.52 bits per heavy atom. The van der Waals surface area contributed by atoms with Crippen molar-refractivity contribution >= 4 is 11.3 Å². The Labute approximate surface area is 132 Å². The monoisotopic (exact) mass is 302 g/mol. The smallest absolute Gasteiger partial charge is 0.114 e. The van der Waals surface area contributed by atoms with E-state index in [1.807, 2.05) is 0 Å². The summed E-state index contributed by atoms with van der Waals surface area (Å²) in [4.78, 5) is 4.90. The van der Waals surface area contributed by atoms with Gasteiger partial charge in [-0.05, 0) is 31.5 Å². The summed E-state index contributed by atoms with van der Waals surface area (Å²) in [6, 6.07) is 6.84. The van der Waals surface area contributed by atoms with Crippen LogP contribution in [0.2, 0.25) is 0 Å². The summed E-state index contributed by atoms with van der Waals surface area (Å²) < 4.78 is 0. The standard InChI is InChI=1S/C18H26N2S/c1-7-19-16(14-10-12(2)8-9-13(14)3)17-20-15(11-21-17)18(4,5)6/h8-11,16,19H,7H2,1-6H3. The molecule has 21 heavy (non-hydrogen) atoms. The molecular weight excluding hydrogens is 276 g/mol. The molecule has 2 aromatic rings. The third kappa shape index (κ3) is 3.72. The molecule has 0 aliphatic carbocycles. The van der Waals surface area contributed by atoms with Gasteiger partial charge in [0.1, 0.15) is 5.01 Å². The van der Waals surface area contributed by atoms with Crippen molar-refractivity contribution in [1.29, 1.82) is 0 Å². The van der Waals surface area contributed by atoms with Crippen LogP contribution in [0.15, 0.2) is 23.6 Å². The van der Waals surface area contributed by atoms with Crippen LogP contribution in [0.25, 0.3) is 0 Å². The van der Waals surface area contributed by atoms with Crippen molar-refractivity contribution in [2.45, 2.75) is 53.0 Å². The molecule has 0 saturated carbocycles. The fourth-order valence-corrected chi connectivity index (χ4v) is 3.51. The molecule has 2 rings (SSSR count). The Morgan fingerprint density at radius 1 is 1.24 bits per heavy atom. The first kappa shape index (κ1) is 16.2. The van der Waals surface area contributed by atoms with Gasteiger partial charge in [-0.15, -0.1) is 11.3 Å². The summed E-state index contributed by atoms with van der Waals surface area (Å²) in [5, 5.41) is 6.96. The second kappa shape index (κ2) is 6.29. The van der Waals surface area contributed by atoms with E-state index in [-0.39, 0.29) is 11.5 Å². The minimum Gasteiger partial charge on any atom is -0.305 e. The van der Waals surface area contributed by atoms with E-state index in [0.717, 1.165) is 11.6 Å².